The lowest BCUT2D eigenvalue weighted by atomic mass is 10.4. The van der Waals surface area contributed by atoms with Crippen LogP contribution in [-0.2, 0) is 11.3 Å². The molecule has 1 rings (SSSR count). The maximum Gasteiger partial charge on any atom is 0.147 e. The first kappa shape index (κ1) is 11.9. The second-order valence-corrected chi connectivity index (χ2v) is 3.31. The number of hydrogen-bond acceptors (Lipinski definition) is 5. The van der Waals surface area contributed by atoms with E-state index < -0.39 is 0 Å². The number of ether oxygens (including phenoxy) is 1. The Hall–Kier alpha value is -1.20. The zero-order valence-corrected chi connectivity index (χ0v) is 9.53. The van der Waals surface area contributed by atoms with E-state index in [1.54, 1.807) is 19.5 Å². The topological polar surface area (TPSA) is 50.3 Å². The summed E-state index contributed by atoms with van der Waals surface area (Å²) in [5.41, 5.74) is 0.944. The Balaban J connectivity index is 2.62. The van der Waals surface area contributed by atoms with Crippen molar-refractivity contribution in [2.45, 2.75) is 6.54 Å². The molecule has 15 heavy (non-hydrogen) atoms. The summed E-state index contributed by atoms with van der Waals surface area (Å²) >= 11 is 0. The Labute approximate surface area is 90.5 Å². The Morgan fingerprint density at radius 1 is 1.47 bits per heavy atom. The van der Waals surface area contributed by atoms with Crippen molar-refractivity contribution in [2.24, 2.45) is 0 Å². The predicted octanol–water partition coefficient (Wildman–Crippen LogP) is 0.279. The van der Waals surface area contributed by atoms with Crippen LogP contribution in [0.15, 0.2) is 12.4 Å². The summed E-state index contributed by atoms with van der Waals surface area (Å²) in [6.07, 6.45) is 3.53. The highest BCUT2D eigenvalue weighted by atomic mass is 16.5. The van der Waals surface area contributed by atoms with E-state index in [-0.39, 0.29) is 0 Å². The molecule has 1 heterocycles. The molecule has 5 heteroatoms. The van der Waals surface area contributed by atoms with Crippen molar-refractivity contribution in [3.8, 4) is 0 Å². The van der Waals surface area contributed by atoms with Gasteiger partial charge in [0.25, 0.3) is 0 Å². The van der Waals surface area contributed by atoms with Crippen LogP contribution < -0.4 is 10.2 Å². The van der Waals surface area contributed by atoms with Gasteiger partial charge in [0.05, 0.1) is 18.5 Å². The standard InChI is InChI=1S/C10H18N4O/c1-11-6-9-7-12-8-10(13-9)14(2)4-5-15-3/h7-8,11H,4-6H2,1-3H3. The van der Waals surface area contributed by atoms with Gasteiger partial charge in [-0.3, -0.25) is 4.98 Å². The van der Waals surface area contributed by atoms with Crippen LogP contribution in [0.25, 0.3) is 0 Å². The fraction of sp³-hybridized carbons (Fsp3) is 0.600. The van der Waals surface area contributed by atoms with Crippen molar-refractivity contribution >= 4 is 5.82 Å². The third kappa shape index (κ3) is 3.81. The van der Waals surface area contributed by atoms with E-state index in [1.165, 1.54) is 0 Å². The molecule has 0 aliphatic carbocycles. The maximum absolute atomic E-state index is 5.01. The number of hydrogen-bond donors (Lipinski definition) is 1. The number of nitrogens with zero attached hydrogens (tertiary/aromatic N) is 3. The van der Waals surface area contributed by atoms with Crippen LogP contribution in [0.1, 0.15) is 5.69 Å². The van der Waals surface area contributed by atoms with Crippen molar-refractivity contribution in [2.75, 3.05) is 39.3 Å². The molecule has 0 fully saturated rings. The predicted molar refractivity (Wildman–Crippen MR) is 59.9 cm³/mol. The van der Waals surface area contributed by atoms with E-state index in [2.05, 4.69) is 15.3 Å². The molecule has 84 valence electrons. The van der Waals surface area contributed by atoms with Gasteiger partial charge in [-0.2, -0.15) is 0 Å². The van der Waals surface area contributed by atoms with E-state index in [0.29, 0.717) is 6.61 Å². The molecule has 1 aromatic rings. The van der Waals surface area contributed by atoms with Crippen LogP contribution >= 0.6 is 0 Å². The highest BCUT2D eigenvalue weighted by Crippen LogP contribution is 2.06. The first-order valence-corrected chi connectivity index (χ1v) is 4.93. The Kier molecular flexibility index (Phi) is 5.00. The van der Waals surface area contributed by atoms with Crippen molar-refractivity contribution in [3.63, 3.8) is 0 Å². The molecule has 0 saturated carbocycles. The lowest BCUT2D eigenvalue weighted by molar-refractivity contribution is 0.206. The van der Waals surface area contributed by atoms with E-state index in [1.807, 2.05) is 19.0 Å². The van der Waals surface area contributed by atoms with Crippen molar-refractivity contribution in [1.82, 2.24) is 15.3 Å². The Morgan fingerprint density at radius 2 is 2.27 bits per heavy atom. The van der Waals surface area contributed by atoms with Crippen LogP contribution in [0.5, 0.6) is 0 Å². The van der Waals surface area contributed by atoms with Crippen LogP contribution in [0.3, 0.4) is 0 Å². The SMILES string of the molecule is CNCc1cncc(N(C)CCOC)n1. The summed E-state index contributed by atoms with van der Waals surface area (Å²) in [4.78, 5) is 10.6. The van der Waals surface area contributed by atoms with Gasteiger partial charge in [0.1, 0.15) is 5.82 Å². The molecule has 0 spiro atoms. The number of likely N-dealkylation sites (N-methyl/N-ethyl adjacent to an activating group) is 1. The van der Waals surface area contributed by atoms with Crippen molar-refractivity contribution < 1.29 is 4.74 Å². The van der Waals surface area contributed by atoms with E-state index in [4.69, 9.17) is 4.74 Å². The lowest BCUT2D eigenvalue weighted by Crippen LogP contribution is -2.23. The first-order chi connectivity index (χ1) is 7.27. The number of nitrogens with one attached hydrogen (secondary N) is 1. The van der Waals surface area contributed by atoms with Gasteiger partial charge >= 0.3 is 0 Å². The molecule has 0 bridgehead atoms. The summed E-state index contributed by atoms with van der Waals surface area (Å²) in [5, 5.41) is 3.05. The van der Waals surface area contributed by atoms with Gasteiger partial charge in [-0.25, -0.2) is 4.98 Å². The number of anilines is 1. The second-order valence-electron chi connectivity index (χ2n) is 3.31. The molecule has 0 unspecified atom stereocenters. The molecule has 0 saturated heterocycles. The van der Waals surface area contributed by atoms with E-state index in [0.717, 1.165) is 24.6 Å². The highest BCUT2D eigenvalue weighted by Gasteiger charge is 2.03. The van der Waals surface area contributed by atoms with Gasteiger partial charge in [0, 0.05) is 33.4 Å². The number of rotatable bonds is 6. The van der Waals surface area contributed by atoms with E-state index >= 15 is 0 Å². The summed E-state index contributed by atoms with van der Waals surface area (Å²) < 4.78 is 5.01. The second kappa shape index (κ2) is 6.31. The largest absolute Gasteiger partial charge is 0.383 e. The van der Waals surface area contributed by atoms with Crippen LogP contribution in [-0.4, -0.2) is 44.3 Å². The minimum absolute atomic E-state index is 0.689. The molecule has 5 nitrogen and oxygen atoms in total. The van der Waals surface area contributed by atoms with Crippen LogP contribution in [0.2, 0.25) is 0 Å². The molecule has 1 aromatic heterocycles. The number of aromatic nitrogens is 2. The molecular weight excluding hydrogens is 192 g/mol. The molecule has 0 atom stereocenters. The summed E-state index contributed by atoms with van der Waals surface area (Å²) in [5.74, 6) is 0.875. The van der Waals surface area contributed by atoms with Gasteiger partial charge in [-0.05, 0) is 7.05 Å². The third-order valence-electron chi connectivity index (χ3n) is 2.05. The molecule has 0 aliphatic heterocycles. The molecule has 0 amide bonds. The van der Waals surface area contributed by atoms with Gasteiger partial charge in [-0.15, -0.1) is 0 Å². The van der Waals surface area contributed by atoms with Crippen molar-refractivity contribution in [3.05, 3.63) is 18.1 Å². The summed E-state index contributed by atoms with van der Waals surface area (Å²) in [7, 11) is 5.56. The summed E-state index contributed by atoms with van der Waals surface area (Å²) in [6.45, 7) is 2.24. The van der Waals surface area contributed by atoms with Gasteiger partial charge in [0.2, 0.25) is 0 Å². The fourth-order valence-electron chi connectivity index (χ4n) is 1.19. The zero-order valence-electron chi connectivity index (χ0n) is 9.53. The number of methoxy groups -OCH3 is 1. The average Bonchev–Trinajstić information content (AvgIpc) is 2.27. The lowest BCUT2D eigenvalue weighted by Gasteiger charge is -2.17. The Bertz CT molecular complexity index is 293. The smallest absolute Gasteiger partial charge is 0.147 e. The van der Waals surface area contributed by atoms with Gasteiger partial charge < -0.3 is 15.0 Å². The first-order valence-electron chi connectivity index (χ1n) is 4.93. The van der Waals surface area contributed by atoms with Crippen LogP contribution in [0.4, 0.5) is 5.82 Å². The van der Waals surface area contributed by atoms with E-state index in [9.17, 15) is 0 Å². The van der Waals surface area contributed by atoms with Crippen LogP contribution in [0, 0.1) is 0 Å². The van der Waals surface area contributed by atoms with Gasteiger partial charge in [0.15, 0.2) is 0 Å². The van der Waals surface area contributed by atoms with Gasteiger partial charge in [-0.1, -0.05) is 0 Å². The minimum Gasteiger partial charge on any atom is -0.383 e. The maximum atomic E-state index is 5.01. The molecule has 1 N–H and O–H groups in total. The third-order valence-corrected chi connectivity index (χ3v) is 2.05. The fourth-order valence-corrected chi connectivity index (χ4v) is 1.19. The highest BCUT2D eigenvalue weighted by molar-refractivity contribution is 5.34. The normalized spacial score (nSPS) is 10.3. The van der Waals surface area contributed by atoms with Crippen molar-refractivity contribution in [1.29, 1.82) is 0 Å². The monoisotopic (exact) mass is 210 g/mol. The Morgan fingerprint density at radius 3 is 2.93 bits per heavy atom. The molecular formula is C10H18N4O. The minimum atomic E-state index is 0.689. The molecule has 0 radical (unpaired) electrons. The quantitative estimate of drug-likeness (QED) is 0.731. The average molecular weight is 210 g/mol. The molecule has 0 aromatic carbocycles. The molecule has 0 aliphatic rings. The zero-order chi connectivity index (χ0) is 11.1. The summed E-state index contributed by atoms with van der Waals surface area (Å²) in [6, 6.07) is 0.